The van der Waals surface area contributed by atoms with E-state index in [1.54, 1.807) is 6.92 Å². The van der Waals surface area contributed by atoms with Gasteiger partial charge in [0, 0.05) is 6.04 Å². The third-order valence-corrected chi connectivity index (χ3v) is 5.13. The average Bonchev–Trinajstić information content (AvgIpc) is 2.16. The van der Waals surface area contributed by atoms with Crippen LogP contribution in [0.5, 0.6) is 0 Å². The van der Waals surface area contributed by atoms with Crippen LogP contribution in [0, 0.1) is 11.3 Å². The van der Waals surface area contributed by atoms with Crippen molar-refractivity contribution >= 4 is 10.0 Å². The van der Waals surface area contributed by atoms with Crippen molar-refractivity contribution in [2.75, 3.05) is 5.75 Å². The standard InChI is InChI=1S/C12H25NO2S/c1-5-16(14,15)13-11-8-6-10(7-9-11)12(2,3)4/h10-11,13H,5-9H2,1-4H3. The van der Waals surface area contributed by atoms with Gasteiger partial charge in [-0.05, 0) is 43.9 Å². The van der Waals surface area contributed by atoms with Crippen LogP contribution in [-0.4, -0.2) is 20.2 Å². The minimum Gasteiger partial charge on any atom is -0.212 e. The summed E-state index contributed by atoms with van der Waals surface area (Å²) >= 11 is 0. The van der Waals surface area contributed by atoms with Gasteiger partial charge in [0.15, 0.2) is 0 Å². The summed E-state index contributed by atoms with van der Waals surface area (Å²) in [4.78, 5) is 0. The Kier molecular flexibility index (Phi) is 4.41. The van der Waals surface area contributed by atoms with Gasteiger partial charge < -0.3 is 0 Å². The van der Waals surface area contributed by atoms with Crippen molar-refractivity contribution in [3.8, 4) is 0 Å². The first kappa shape index (κ1) is 14.0. The molecule has 0 unspecified atom stereocenters. The zero-order valence-corrected chi connectivity index (χ0v) is 11.7. The van der Waals surface area contributed by atoms with Gasteiger partial charge in [-0.25, -0.2) is 13.1 Å². The molecule has 0 aliphatic heterocycles. The number of sulfonamides is 1. The maximum absolute atomic E-state index is 11.4. The summed E-state index contributed by atoms with van der Waals surface area (Å²) < 4.78 is 25.7. The molecule has 0 spiro atoms. The van der Waals surface area contributed by atoms with E-state index in [2.05, 4.69) is 25.5 Å². The van der Waals surface area contributed by atoms with Crippen molar-refractivity contribution in [2.45, 2.75) is 59.4 Å². The van der Waals surface area contributed by atoms with Crippen molar-refractivity contribution in [3.05, 3.63) is 0 Å². The molecule has 0 amide bonds. The molecule has 0 heterocycles. The summed E-state index contributed by atoms with van der Waals surface area (Å²) in [6, 6.07) is 0.170. The van der Waals surface area contributed by atoms with Gasteiger partial charge in [-0.3, -0.25) is 0 Å². The number of nitrogens with one attached hydrogen (secondary N) is 1. The third kappa shape index (κ3) is 4.06. The predicted molar refractivity (Wildman–Crippen MR) is 67.8 cm³/mol. The number of rotatable bonds is 3. The summed E-state index contributed by atoms with van der Waals surface area (Å²) in [5.41, 5.74) is 0.356. The molecule has 1 fully saturated rings. The molecule has 1 aliphatic rings. The Labute approximate surface area is 100 Å². The molecule has 0 atom stereocenters. The summed E-state index contributed by atoms with van der Waals surface area (Å²) in [6.45, 7) is 8.50. The fourth-order valence-corrected chi connectivity index (χ4v) is 3.32. The zero-order chi connectivity index (χ0) is 12.4. The number of hydrogen-bond acceptors (Lipinski definition) is 2. The highest BCUT2D eigenvalue weighted by atomic mass is 32.2. The average molecular weight is 247 g/mol. The molecule has 3 nitrogen and oxygen atoms in total. The Morgan fingerprint density at radius 1 is 1.12 bits per heavy atom. The van der Waals surface area contributed by atoms with Gasteiger partial charge in [-0.15, -0.1) is 0 Å². The molecule has 1 rings (SSSR count). The van der Waals surface area contributed by atoms with E-state index in [0.29, 0.717) is 5.41 Å². The Hall–Kier alpha value is -0.0900. The van der Waals surface area contributed by atoms with E-state index < -0.39 is 10.0 Å². The third-order valence-electron chi connectivity index (χ3n) is 3.68. The van der Waals surface area contributed by atoms with Crippen molar-refractivity contribution in [1.29, 1.82) is 0 Å². The van der Waals surface area contributed by atoms with Crippen LogP contribution < -0.4 is 4.72 Å². The topological polar surface area (TPSA) is 46.2 Å². The molecule has 0 aromatic heterocycles. The summed E-state index contributed by atoms with van der Waals surface area (Å²) in [6.07, 6.45) is 4.25. The molecule has 0 aromatic carbocycles. The van der Waals surface area contributed by atoms with Gasteiger partial charge in [-0.2, -0.15) is 0 Å². The van der Waals surface area contributed by atoms with Crippen LogP contribution in [0.1, 0.15) is 53.4 Å². The van der Waals surface area contributed by atoms with Crippen LogP contribution in [0.3, 0.4) is 0 Å². The first-order chi connectivity index (χ1) is 7.24. The van der Waals surface area contributed by atoms with E-state index in [4.69, 9.17) is 0 Å². The fraction of sp³-hybridized carbons (Fsp3) is 1.00. The van der Waals surface area contributed by atoms with Gasteiger partial charge >= 0.3 is 0 Å². The Morgan fingerprint density at radius 3 is 2.00 bits per heavy atom. The minimum absolute atomic E-state index is 0.170. The molecular weight excluding hydrogens is 222 g/mol. The highest BCUT2D eigenvalue weighted by Crippen LogP contribution is 2.37. The first-order valence-electron chi connectivity index (χ1n) is 6.24. The second-order valence-corrected chi connectivity index (χ2v) is 7.98. The van der Waals surface area contributed by atoms with Crippen LogP contribution >= 0.6 is 0 Å². The lowest BCUT2D eigenvalue weighted by Gasteiger charge is -2.37. The Balaban J connectivity index is 2.44. The number of hydrogen-bond donors (Lipinski definition) is 1. The molecule has 0 saturated heterocycles. The Morgan fingerprint density at radius 2 is 1.62 bits per heavy atom. The van der Waals surface area contributed by atoms with Crippen LogP contribution in [0.15, 0.2) is 0 Å². The van der Waals surface area contributed by atoms with E-state index in [1.165, 1.54) is 0 Å². The normalized spacial score (nSPS) is 28.0. The van der Waals surface area contributed by atoms with Crippen LogP contribution in [-0.2, 0) is 10.0 Å². The van der Waals surface area contributed by atoms with Crippen molar-refractivity contribution in [2.24, 2.45) is 11.3 Å². The molecule has 16 heavy (non-hydrogen) atoms. The quantitative estimate of drug-likeness (QED) is 0.833. The minimum atomic E-state index is -3.02. The molecule has 96 valence electrons. The first-order valence-corrected chi connectivity index (χ1v) is 7.90. The van der Waals surface area contributed by atoms with Gasteiger partial charge in [0.25, 0.3) is 0 Å². The smallest absolute Gasteiger partial charge is 0.211 e. The SMILES string of the molecule is CCS(=O)(=O)NC1CCC(C(C)(C)C)CC1. The predicted octanol–water partition coefficient (Wildman–Crippen LogP) is 2.53. The Bertz CT molecular complexity index is 308. The fourth-order valence-electron chi connectivity index (χ4n) is 2.41. The molecule has 1 N–H and O–H groups in total. The molecule has 1 saturated carbocycles. The largest absolute Gasteiger partial charge is 0.212 e. The molecule has 0 bridgehead atoms. The summed E-state index contributed by atoms with van der Waals surface area (Å²) in [5, 5.41) is 0. The second kappa shape index (κ2) is 5.05. The van der Waals surface area contributed by atoms with E-state index in [9.17, 15) is 8.42 Å². The van der Waals surface area contributed by atoms with E-state index in [1.807, 2.05) is 0 Å². The van der Waals surface area contributed by atoms with Crippen molar-refractivity contribution in [3.63, 3.8) is 0 Å². The van der Waals surface area contributed by atoms with Gasteiger partial charge in [0.1, 0.15) is 0 Å². The van der Waals surface area contributed by atoms with Crippen molar-refractivity contribution < 1.29 is 8.42 Å². The van der Waals surface area contributed by atoms with Gasteiger partial charge in [0.2, 0.25) is 10.0 Å². The summed E-state index contributed by atoms with van der Waals surface area (Å²) in [5.74, 6) is 0.918. The van der Waals surface area contributed by atoms with Crippen LogP contribution in [0.4, 0.5) is 0 Å². The van der Waals surface area contributed by atoms with E-state index in [0.717, 1.165) is 31.6 Å². The van der Waals surface area contributed by atoms with Gasteiger partial charge in [0.05, 0.1) is 5.75 Å². The van der Waals surface area contributed by atoms with E-state index in [-0.39, 0.29) is 11.8 Å². The lowest BCUT2D eigenvalue weighted by molar-refractivity contribution is 0.166. The molecule has 1 aliphatic carbocycles. The lowest BCUT2D eigenvalue weighted by atomic mass is 9.71. The van der Waals surface area contributed by atoms with E-state index >= 15 is 0 Å². The highest BCUT2D eigenvalue weighted by molar-refractivity contribution is 7.89. The maximum Gasteiger partial charge on any atom is 0.211 e. The second-order valence-electron chi connectivity index (χ2n) is 5.94. The van der Waals surface area contributed by atoms with Crippen molar-refractivity contribution in [1.82, 2.24) is 4.72 Å². The lowest BCUT2D eigenvalue weighted by Crippen LogP contribution is -2.40. The molecule has 0 radical (unpaired) electrons. The van der Waals surface area contributed by atoms with Crippen LogP contribution in [0.25, 0.3) is 0 Å². The molecule has 4 heteroatoms. The molecular formula is C12H25NO2S. The van der Waals surface area contributed by atoms with Crippen LogP contribution in [0.2, 0.25) is 0 Å². The maximum atomic E-state index is 11.4. The zero-order valence-electron chi connectivity index (χ0n) is 10.9. The molecule has 0 aromatic rings. The highest BCUT2D eigenvalue weighted by Gasteiger charge is 2.30. The van der Waals surface area contributed by atoms with Gasteiger partial charge in [-0.1, -0.05) is 20.8 Å². The summed E-state index contributed by atoms with van der Waals surface area (Å²) in [7, 11) is -3.02. The monoisotopic (exact) mass is 247 g/mol.